The van der Waals surface area contributed by atoms with Gasteiger partial charge in [-0.2, -0.15) is 0 Å². The molecule has 0 fully saturated rings. The first-order chi connectivity index (χ1) is 6.88. The number of carbonyl (C=O) groups excluding carboxylic acids is 1. The zero-order valence-corrected chi connectivity index (χ0v) is 8.36. The maximum Gasteiger partial charge on any atom is 0.146 e. The fraction of sp³-hybridized carbons (Fsp3) is 0.462. The van der Waals surface area contributed by atoms with Crippen LogP contribution in [-0.2, 0) is 4.79 Å². The second kappa shape index (κ2) is 4.41. The van der Waals surface area contributed by atoms with Gasteiger partial charge in [-0.15, -0.1) is 0 Å². The summed E-state index contributed by atoms with van der Waals surface area (Å²) in [6.07, 6.45) is 16.6. The lowest BCUT2D eigenvalue weighted by molar-refractivity contribution is -0.124. The summed E-state index contributed by atoms with van der Waals surface area (Å²) in [6.45, 7) is 0. The van der Waals surface area contributed by atoms with E-state index in [-0.39, 0.29) is 11.8 Å². The lowest BCUT2D eigenvalue weighted by atomic mass is 9.83. The molecule has 14 heavy (non-hydrogen) atoms. The van der Waals surface area contributed by atoms with Crippen molar-refractivity contribution >= 4 is 5.78 Å². The topological polar surface area (TPSA) is 17.1 Å². The lowest BCUT2D eigenvalue weighted by Crippen LogP contribution is -2.22. The van der Waals surface area contributed by atoms with Gasteiger partial charge in [0.15, 0.2) is 0 Å². The Hall–Kier alpha value is -1.11. The van der Waals surface area contributed by atoms with E-state index in [2.05, 4.69) is 18.2 Å². The number of carbonyl (C=O) groups is 1. The first kappa shape index (κ1) is 9.45. The molecule has 0 aromatic heterocycles. The Morgan fingerprint density at radius 1 is 1.07 bits per heavy atom. The van der Waals surface area contributed by atoms with E-state index in [0.717, 1.165) is 19.3 Å². The Bertz CT molecular complexity index is 292. The number of hydrogen-bond acceptors (Lipinski definition) is 1. The summed E-state index contributed by atoms with van der Waals surface area (Å²) in [5, 5.41) is 0. The fourth-order valence-corrected chi connectivity index (χ4v) is 2.12. The molecule has 0 saturated heterocycles. The van der Waals surface area contributed by atoms with Crippen LogP contribution in [-0.4, -0.2) is 5.78 Å². The molecule has 0 radical (unpaired) electrons. The van der Waals surface area contributed by atoms with Crippen molar-refractivity contribution in [1.82, 2.24) is 0 Å². The number of rotatable bonds is 2. The first-order valence-electron chi connectivity index (χ1n) is 5.41. The van der Waals surface area contributed by atoms with Crippen molar-refractivity contribution in [1.29, 1.82) is 0 Å². The summed E-state index contributed by atoms with van der Waals surface area (Å²) in [5.41, 5.74) is 0. The zero-order chi connectivity index (χ0) is 9.80. The molecule has 2 unspecified atom stereocenters. The van der Waals surface area contributed by atoms with E-state index in [1.165, 1.54) is 6.42 Å². The van der Waals surface area contributed by atoms with Gasteiger partial charge in [0.25, 0.3) is 0 Å². The molecule has 1 nitrogen and oxygen atoms in total. The summed E-state index contributed by atoms with van der Waals surface area (Å²) < 4.78 is 0. The molecule has 0 N–H and O–H groups in total. The van der Waals surface area contributed by atoms with Crippen molar-refractivity contribution in [2.45, 2.75) is 25.7 Å². The Morgan fingerprint density at radius 3 is 2.64 bits per heavy atom. The smallest absolute Gasteiger partial charge is 0.146 e. The van der Waals surface area contributed by atoms with Crippen LogP contribution in [0.15, 0.2) is 36.5 Å². The Kier molecular flexibility index (Phi) is 2.97. The van der Waals surface area contributed by atoms with E-state index in [1.54, 1.807) is 0 Å². The van der Waals surface area contributed by atoms with Gasteiger partial charge in [0.2, 0.25) is 0 Å². The predicted octanol–water partition coefficient (Wildman–Crippen LogP) is 3.04. The Balaban J connectivity index is 2.00. The molecule has 2 atom stereocenters. The third-order valence-corrected chi connectivity index (χ3v) is 2.97. The molecule has 2 aliphatic rings. The molecular formula is C13H16O. The summed E-state index contributed by atoms with van der Waals surface area (Å²) >= 11 is 0. The van der Waals surface area contributed by atoms with Crippen molar-refractivity contribution in [3.8, 4) is 0 Å². The molecule has 1 heteroatoms. The van der Waals surface area contributed by atoms with Crippen molar-refractivity contribution in [2.75, 3.05) is 0 Å². The maximum atomic E-state index is 12.0. The van der Waals surface area contributed by atoms with Gasteiger partial charge < -0.3 is 0 Å². The molecular weight excluding hydrogens is 172 g/mol. The minimum absolute atomic E-state index is 0.132. The van der Waals surface area contributed by atoms with Gasteiger partial charge in [0.1, 0.15) is 5.78 Å². The molecule has 0 spiro atoms. The molecule has 0 aromatic carbocycles. The third-order valence-electron chi connectivity index (χ3n) is 2.97. The maximum absolute atomic E-state index is 12.0. The Labute approximate surface area is 85.2 Å². The number of allylic oxidation sites excluding steroid dienone is 6. The minimum atomic E-state index is 0.132. The van der Waals surface area contributed by atoms with Crippen LogP contribution in [0.4, 0.5) is 0 Å². The molecule has 0 aliphatic heterocycles. The van der Waals surface area contributed by atoms with Crippen LogP contribution in [0.2, 0.25) is 0 Å². The highest BCUT2D eigenvalue weighted by atomic mass is 16.1. The number of ketones is 1. The summed E-state index contributed by atoms with van der Waals surface area (Å²) in [5.74, 6) is 0.721. The molecule has 0 amide bonds. The van der Waals surface area contributed by atoms with Crippen LogP contribution >= 0.6 is 0 Å². The highest BCUT2D eigenvalue weighted by Gasteiger charge is 2.23. The summed E-state index contributed by atoms with van der Waals surface area (Å²) in [4.78, 5) is 12.0. The highest BCUT2D eigenvalue weighted by molar-refractivity contribution is 5.87. The van der Waals surface area contributed by atoms with E-state index in [9.17, 15) is 4.79 Å². The van der Waals surface area contributed by atoms with Crippen molar-refractivity contribution in [2.24, 2.45) is 11.8 Å². The third kappa shape index (κ3) is 2.03. The first-order valence-corrected chi connectivity index (χ1v) is 5.41. The number of hydrogen-bond donors (Lipinski definition) is 0. The van der Waals surface area contributed by atoms with Crippen LogP contribution in [0, 0.1) is 11.8 Å². The van der Waals surface area contributed by atoms with E-state index in [1.807, 2.05) is 18.2 Å². The number of Topliss-reactive ketones (excluding diaryl/α,β-unsaturated/α-hetero) is 1. The van der Waals surface area contributed by atoms with Gasteiger partial charge in [0.05, 0.1) is 0 Å². The van der Waals surface area contributed by atoms with Crippen LogP contribution < -0.4 is 0 Å². The fourth-order valence-electron chi connectivity index (χ4n) is 2.12. The second-order valence-corrected chi connectivity index (χ2v) is 4.02. The van der Waals surface area contributed by atoms with Crippen LogP contribution in [0.5, 0.6) is 0 Å². The van der Waals surface area contributed by atoms with Gasteiger partial charge in [-0.1, -0.05) is 36.5 Å². The van der Waals surface area contributed by atoms with Gasteiger partial charge in [0, 0.05) is 11.8 Å². The lowest BCUT2D eigenvalue weighted by Gasteiger charge is -2.20. The minimum Gasteiger partial charge on any atom is -0.298 e. The summed E-state index contributed by atoms with van der Waals surface area (Å²) in [6, 6.07) is 0. The SMILES string of the molecule is O=C(C1C=CC=CC1)C1C=CCCC1. The molecule has 0 aromatic rings. The normalized spacial score (nSPS) is 30.6. The summed E-state index contributed by atoms with van der Waals surface area (Å²) in [7, 11) is 0. The van der Waals surface area contributed by atoms with Crippen LogP contribution in [0.3, 0.4) is 0 Å². The molecule has 2 rings (SSSR count). The van der Waals surface area contributed by atoms with Crippen LogP contribution in [0.1, 0.15) is 25.7 Å². The average Bonchev–Trinajstić information content (AvgIpc) is 2.30. The van der Waals surface area contributed by atoms with E-state index >= 15 is 0 Å². The molecule has 74 valence electrons. The quantitative estimate of drug-likeness (QED) is 0.609. The van der Waals surface area contributed by atoms with E-state index < -0.39 is 0 Å². The van der Waals surface area contributed by atoms with Crippen molar-refractivity contribution in [3.05, 3.63) is 36.5 Å². The van der Waals surface area contributed by atoms with Gasteiger partial charge in [-0.25, -0.2) is 0 Å². The highest BCUT2D eigenvalue weighted by Crippen LogP contribution is 2.24. The van der Waals surface area contributed by atoms with Crippen molar-refractivity contribution < 1.29 is 4.79 Å². The standard InChI is InChI=1S/C13H16O/c14-13(11-7-3-1-4-8-11)12-9-5-2-6-10-12/h1,3-5,7,9,11-12H,2,6,8,10H2. The van der Waals surface area contributed by atoms with Gasteiger partial charge >= 0.3 is 0 Å². The largest absolute Gasteiger partial charge is 0.298 e. The monoisotopic (exact) mass is 188 g/mol. The Morgan fingerprint density at radius 2 is 2.00 bits per heavy atom. The molecule has 0 saturated carbocycles. The average molecular weight is 188 g/mol. The predicted molar refractivity (Wildman–Crippen MR) is 57.9 cm³/mol. The molecule has 0 heterocycles. The van der Waals surface area contributed by atoms with E-state index in [0.29, 0.717) is 5.78 Å². The zero-order valence-electron chi connectivity index (χ0n) is 8.36. The molecule has 0 bridgehead atoms. The van der Waals surface area contributed by atoms with Crippen molar-refractivity contribution in [3.63, 3.8) is 0 Å². The van der Waals surface area contributed by atoms with Gasteiger partial charge in [-0.05, 0) is 25.7 Å². The second-order valence-electron chi connectivity index (χ2n) is 4.02. The van der Waals surface area contributed by atoms with E-state index in [4.69, 9.17) is 0 Å². The van der Waals surface area contributed by atoms with Gasteiger partial charge in [-0.3, -0.25) is 4.79 Å². The molecule has 2 aliphatic carbocycles. The van der Waals surface area contributed by atoms with Crippen LogP contribution in [0.25, 0.3) is 0 Å².